The van der Waals surface area contributed by atoms with Gasteiger partial charge >= 0.3 is 0 Å². The monoisotopic (exact) mass is 269 g/mol. The predicted octanol–water partition coefficient (Wildman–Crippen LogP) is 2.23. The highest BCUT2D eigenvalue weighted by atomic mass is 35.5. The van der Waals surface area contributed by atoms with Crippen molar-refractivity contribution in [2.24, 2.45) is 0 Å². The Bertz CT molecular complexity index is 411. The third-order valence-corrected chi connectivity index (χ3v) is 3.77. The molecule has 0 saturated carbocycles. The van der Waals surface area contributed by atoms with Gasteiger partial charge in [0.15, 0.2) is 0 Å². The van der Waals surface area contributed by atoms with E-state index in [9.17, 15) is 5.11 Å². The van der Waals surface area contributed by atoms with Crippen molar-refractivity contribution in [2.45, 2.75) is 32.5 Å². The zero-order valence-corrected chi connectivity index (χ0v) is 11.7. The van der Waals surface area contributed by atoms with E-state index in [4.69, 9.17) is 16.3 Å². The molecule has 1 aromatic rings. The molecular weight excluding hydrogens is 250 g/mol. The normalized spacial score (nSPS) is 25.3. The number of halogens is 1. The molecule has 0 aliphatic carbocycles. The van der Waals surface area contributed by atoms with Gasteiger partial charge in [-0.25, -0.2) is 0 Å². The molecule has 18 heavy (non-hydrogen) atoms. The van der Waals surface area contributed by atoms with E-state index in [0.717, 1.165) is 23.7 Å². The molecule has 0 amide bonds. The average molecular weight is 270 g/mol. The van der Waals surface area contributed by atoms with Gasteiger partial charge in [-0.15, -0.1) is 0 Å². The van der Waals surface area contributed by atoms with Crippen LogP contribution in [0.15, 0.2) is 18.2 Å². The summed E-state index contributed by atoms with van der Waals surface area (Å²) < 4.78 is 5.53. The standard InChI is InChI=1S/C14H20ClNO2/c1-10-3-4-12(14(15)5-10)6-16-7-13(8-17)18-9-11(16)2/h3-5,11,13,17H,6-9H2,1-2H3. The molecule has 1 aliphatic heterocycles. The summed E-state index contributed by atoms with van der Waals surface area (Å²) in [5.74, 6) is 0. The second kappa shape index (κ2) is 6.02. The molecular formula is C14H20ClNO2. The number of rotatable bonds is 3. The fraction of sp³-hybridized carbons (Fsp3) is 0.571. The number of benzene rings is 1. The molecule has 1 fully saturated rings. The average Bonchev–Trinajstić information content (AvgIpc) is 2.35. The summed E-state index contributed by atoms with van der Waals surface area (Å²) in [7, 11) is 0. The van der Waals surface area contributed by atoms with E-state index < -0.39 is 0 Å². The van der Waals surface area contributed by atoms with Gasteiger partial charge in [0, 0.05) is 24.2 Å². The molecule has 2 atom stereocenters. The van der Waals surface area contributed by atoms with Crippen LogP contribution in [0, 0.1) is 6.92 Å². The number of aryl methyl sites for hydroxylation is 1. The zero-order chi connectivity index (χ0) is 13.1. The van der Waals surface area contributed by atoms with Crippen LogP contribution in [0.3, 0.4) is 0 Å². The summed E-state index contributed by atoms with van der Waals surface area (Å²) >= 11 is 6.26. The number of aliphatic hydroxyl groups excluding tert-OH is 1. The maximum Gasteiger partial charge on any atom is 0.0933 e. The first-order chi connectivity index (χ1) is 8.60. The van der Waals surface area contributed by atoms with Crippen LogP contribution < -0.4 is 0 Å². The van der Waals surface area contributed by atoms with Crippen LogP contribution in [0.1, 0.15) is 18.1 Å². The Morgan fingerprint density at radius 2 is 2.28 bits per heavy atom. The smallest absolute Gasteiger partial charge is 0.0933 e. The van der Waals surface area contributed by atoms with Crippen LogP contribution in [0.5, 0.6) is 0 Å². The van der Waals surface area contributed by atoms with Gasteiger partial charge in [-0.05, 0) is 31.0 Å². The van der Waals surface area contributed by atoms with Gasteiger partial charge in [-0.3, -0.25) is 4.90 Å². The van der Waals surface area contributed by atoms with E-state index in [2.05, 4.69) is 24.0 Å². The van der Waals surface area contributed by atoms with Crippen molar-refractivity contribution in [3.8, 4) is 0 Å². The van der Waals surface area contributed by atoms with E-state index in [1.165, 1.54) is 5.56 Å². The van der Waals surface area contributed by atoms with Crippen LogP contribution >= 0.6 is 11.6 Å². The van der Waals surface area contributed by atoms with Crippen molar-refractivity contribution < 1.29 is 9.84 Å². The molecule has 0 bridgehead atoms. The molecule has 100 valence electrons. The second-order valence-electron chi connectivity index (χ2n) is 5.01. The van der Waals surface area contributed by atoms with Crippen LogP contribution in [0.25, 0.3) is 0 Å². The van der Waals surface area contributed by atoms with Crippen molar-refractivity contribution >= 4 is 11.6 Å². The lowest BCUT2D eigenvalue weighted by Gasteiger charge is -2.37. The molecule has 0 aromatic heterocycles. The molecule has 1 saturated heterocycles. The van der Waals surface area contributed by atoms with Gasteiger partial charge in [0.2, 0.25) is 0 Å². The Balaban J connectivity index is 2.07. The van der Waals surface area contributed by atoms with Crippen molar-refractivity contribution in [1.29, 1.82) is 0 Å². The highest BCUT2D eigenvalue weighted by molar-refractivity contribution is 6.31. The lowest BCUT2D eigenvalue weighted by Crippen LogP contribution is -2.48. The fourth-order valence-corrected chi connectivity index (χ4v) is 2.50. The van der Waals surface area contributed by atoms with Crippen molar-refractivity contribution in [3.05, 3.63) is 34.3 Å². The molecule has 3 nitrogen and oxygen atoms in total. The number of morpholine rings is 1. The number of aliphatic hydroxyl groups is 1. The first-order valence-corrected chi connectivity index (χ1v) is 6.69. The summed E-state index contributed by atoms with van der Waals surface area (Å²) in [6, 6.07) is 6.50. The third kappa shape index (κ3) is 3.23. The molecule has 1 heterocycles. The van der Waals surface area contributed by atoms with E-state index in [1.54, 1.807) is 0 Å². The van der Waals surface area contributed by atoms with Gasteiger partial charge < -0.3 is 9.84 Å². The van der Waals surface area contributed by atoms with Crippen molar-refractivity contribution in [2.75, 3.05) is 19.8 Å². The van der Waals surface area contributed by atoms with E-state index in [-0.39, 0.29) is 12.7 Å². The second-order valence-corrected chi connectivity index (χ2v) is 5.42. The molecule has 0 radical (unpaired) electrons. The van der Waals surface area contributed by atoms with Gasteiger partial charge in [-0.2, -0.15) is 0 Å². The quantitative estimate of drug-likeness (QED) is 0.913. The SMILES string of the molecule is Cc1ccc(CN2CC(CO)OCC2C)c(Cl)c1. The largest absolute Gasteiger partial charge is 0.394 e. The van der Waals surface area contributed by atoms with Gasteiger partial charge in [-0.1, -0.05) is 23.7 Å². The maximum atomic E-state index is 9.17. The minimum absolute atomic E-state index is 0.0743. The number of hydrogen-bond acceptors (Lipinski definition) is 3. The zero-order valence-electron chi connectivity index (χ0n) is 10.9. The number of ether oxygens (including phenoxy) is 1. The topological polar surface area (TPSA) is 32.7 Å². The van der Waals surface area contributed by atoms with Crippen LogP contribution in [-0.4, -0.2) is 41.9 Å². The van der Waals surface area contributed by atoms with E-state index in [1.807, 2.05) is 13.0 Å². The molecule has 2 unspecified atom stereocenters. The Labute approximate surface area is 113 Å². The lowest BCUT2D eigenvalue weighted by molar-refractivity contribution is -0.0805. The highest BCUT2D eigenvalue weighted by Gasteiger charge is 2.25. The number of nitrogens with zero attached hydrogens (tertiary/aromatic N) is 1. The van der Waals surface area contributed by atoms with Crippen molar-refractivity contribution in [3.63, 3.8) is 0 Å². The van der Waals surface area contributed by atoms with Crippen LogP contribution in [0.2, 0.25) is 5.02 Å². The number of hydrogen-bond donors (Lipinski definition) is 1. The predicted molar refractivity (Wildman–Crippen MR) is 72.9 cm³/mol. The van der Waals surface area contributed by atoms with Crippen molar-refractivity contribution in [1.82, 2.24) is 4.90 Å². The molecule has 4 heteroatoms. The fourth-order valence-electron chi connectivity index (χ4n) is 2.21. The van der Waals surface area contributed by atoms with Gasteiger partial charge in [0.25, 0.3) is 0 Å². The molecule has 1 aromatic carbocycles. The lowest BCUT2D eigenvalue weighted by atomic mass is 10.1. The summed E-state index contributed by atoms with van der Waals surface area (Å²) in [5, 5.41) is 9.99. The summed E-state index contributed by atoms with van der Waals surface area (Å²) in [6.45, 7) is 6.46. The van der Waals surface area contributed by atoms with Crippen LogP contribution in [0.4, 0.5) is 0 Å². The van der Waals surface area contributed by atoms with E-state index >= 15 is 0 Å². The summed E-state index contributed by atoms with van der Waals surface area (Å²) in [6.07, 6.45) is -0.0783. The summed E-state index contributed by atoms with van der Waals surface area (Å²) in [5.41, 5.74) is 2.31. The van der Waals surface area contributed by atoms with Gasteiger partial charge in [0.1, 0.15) is 0 Å². The molecule has 1 aliphatic rings. The van der Waals surface area contributed by atoms with Gasteiger partial charge in [0.05, 0.1) is 19.3 Å². The Morgan fingerprint density at radius 1 is 1.50 bits per heavy atom. The molecule has 2 rings (SSSR count). The van der Waals surface area contributed by atoms with E-state index in [0.29, 0.717) is 12.6 Å². The first kappa shape index (κ1) is 13.8. The Hall–Kier alpha value is -0.610. The molecule has 0 spiro atoms. The third-order valence-electron chi connectivity index (χ3n) is 3.42. The minimum Gasteiger partial charge on any atom is -0.394 e. The minimum atomic E-state index is -0.0783. The Morgan fingerprint density at radius 3 is 2.94 bits per heavy atom. The maximum absolute atomic E-state index is 9.17. The highest BCUT2D eigenvalue weighted by Crippen LogP contribution is 2.22. The summed E-state index contributed by atoms with van der Waals surface area (Å²) in [4.78, 5) is 2.31. The molecule has 1 N–H and O–H groups in total. The Kier molecular flexibility index (Phi) is 4.62. The first-order valence-electron chi connectivity index (χ1n) is 6.31. The van der Waals surface area contributed by atoms with Crippen LogP contribution in [-0.2, 0) is 11.3 Å².